The van der Waals surface area contributed by atoms with E-state index in [-0.39, 0.29) is 18.3 Å². The number of carbonyl (C=O) groups excluding carboxylic acids is 1. The van der Waals surface area contributed by atoms with Crippen LogP contribution in [0.1, 0.15) is 17.3 Å². The molecule has 112 valence electrons. The minimum Gasteiger partial charge on any atom is -0.497 e. The first-order valence-electron chi connectivity index (χ1n) is 6.40. The highest BCUT2D eigenvalue weighted by Gasteiger charge is 2.24. The van der Waals surface area contributed by atoms with Crippen LogP contribution in [0.2, 0.25) is 0 Å². The Kier molecular flexibility index (Phi) is 6.10. The number of nitrogens with one attached hydrogen (secondary N) is 1. The van der Waals surface area contributed by atoms with Gasteiger partial charge in [-0.3, -0.25) is 4.79 Å². The molecule has 1 fully saturated rings. The molecule has 1 aromatic rings. The molecule has 1 aromatic carbocycles. The van der Waals surface area contributed by atoms with Crippen molar-refractivity contribution < 1.29 is 14.3 Å². The molecule has 6 heteroatoms. The number of hydrogen-bond donors (Lipinski definition) is 1. The first-order chi connectivity index (χ1) is 9.15. The number of nitrogens with zero attached hydrogens (tertiary/aromatic N) is 1. The molecule has 1 amide bonds. The summed E-state index contributed by atoms with van der Waals surface area (Å²) in [5.74, 6) is 1.24. The fraction of sp³-hybridized carbons (Fsp3) is 0.500. The number of amides is 1. The number of rotatable bonds is 3. The van der Waals surface area contributed by atoms with Gasteiger partial charge in [-0.15, -0.1) is 12.4 Å². The van der Waals surface area contributed by atoms with Gasteiger partial charge in [0.15, 0.2) is 0 Å². The van der Waals surface area contributed by atoms with Gasteiger partial charge in [-0.2, -0.15) is 0 Å². The molecule has 1 aliphatic rings. The van der Waals surface area contributed by atoms with Crippen LogP contribution in [-0.4, -0.2) is 50.7 Å². The summed E-state index contributed by atoms with van der Waals surface area (Å²) in [4.78, 5) is 14.4. The van der Waals surface area contributed by atoms with Crippen LogP contribution in [0, 0.1) is 0 Å². The molecular formula is C14H21ClN2O3. The molecule has 5 nitrogen and oxygen atoms in total. The monoisotopic (exact) mass is 300 g/mol. The van der Waals surface area contributed by atoms with Crippen molar-refractivity contribution in [3.63, 3.8) is 0 Å². The van der Waals surface area contributed by atoms with Gasteiger partial charge in [0.1, 0.15) is 11.5 Å². The number of piperazine rings is 1. The second kappa shape index (κ2) is 7.36. The summed E-state index contributed by atoms with van der Waals surface area (Å²) in [5.41, 5.74) is 0.581. The summed E-state index contributed by atoms with van der Waals surface area (Å²) in [6.45, 7) is 4.34. The Morgan fingerprint density at radius 1 is 1.35 bits per heavy atom. The molecule has 0 aromatic heterocycles. The van der Waals surface area contributed by atoms with E-state index in [0.29, 0.717) is 29.6 Å². The predicted molar refractivity (Wildman–Crippen MR) is 80.2 cm³/mol. The highest BCUT2D eigenvalue weighted by Crippen LogP contribution is 2.26. The first kappa shape index (κ1) is 16.6. The van der Waals surface area contributed by atoms with Gasteiger partial charge in [-0.1, -0.05) is 0 Å². The molecule has 0 aliphatic carbocycles. The van der Waals surface area contributed by atoms with Crippen LogP contribution < -0.4 is 14.8 Å². The number of benzene rings is 1. The number of methoxy groups -OCH3 is 2. The number of ether oxygens (including phenoxy) is 2. The van der Waals surface area contributed by atoms with Crippen LogP contribution in [0.15, 0.2) is 18.2 Å². The molecule has 1 atom stereocenters. The van der Waals surface area contributed by atoms with Crippen LogP contribution in [0.5, 0.6) is 11.5 Å². The molecule has 0 unspecified atom stereocenters. The molecule has 0 saturated carbocycles. The lowest BCUT2D eigenvalue weighted by atomic mass is 10.1. The van der Waals surface area contributed by atoms with E-state index in [1.54, 1.807) is 32.4 Å². The van der Waals surface area contributed by atoms with Crippen LogP contribution in [0.25, 0.3) is 0 Å². The van der Waals surface area contributed by atoms with E-state index in [2.05, 4.69) is 12.2 Å². The summed E-state index contributed by atoms with van der Waals surface area (Å²) in [6, 6.07) is 5.59. The zero-order valence-electron chi connectivity index (χ0n) is 12.0. The van der Waals surface area contributed by atoms with Crippen molar-refractivity contribution in [2.75, 3.05) is 33.9 Å². The smallest absolute Gasteiger partial charge is 0.257 e. The third-order valence-corrected chi connectivity index (χ3v) is 3.30. The Morgan fingerprint density at radius 3 is 2.70 bits per heavy atom. The predicted octanol–water partition coefficient (Wildman–Crippen LogP) is 1.56. The topological polar surface area (TPSA) is 50.8 Å². The number of halogens is 1. The van der Waals surface area contributed by atoms with Gasteiger partial charge in [0, 0.05) is 31.7 Å². The van der Waals surface area contributed by atoms with Crippen molar-refractivity contribution in [3.8, 4) is 11.5 Å². The van der Waals surface area contributed by atoms with Gasteiger partial charge >= 0.3 is 0 Å². The Bertz CT molecular complexity index is 468. The standard InChI is InChI=1S/C14H20N2O3.ClH/c1-10-9-16(7-6-15-10)14(17)12-5-4-11(18-2)8-13(12)19-3;/h4-5,8,10,15H,6-7,9H2,1-3H3;1H/t10-;/m1./s1. The van der Waals surface area contributed by atoms with Crippen LogP contribution in [0.4, 0.5) is 0 Å². The van der Waals surface area contributed by atoms with Gasteiger partial charge in [0.25, 0.3) is 5.91 Å². The van der Waals surface area contributed by atoms with Gasteiger partial charge in [0.05, 0.1) is 19.8 Å². The van der Waals surface area contributed by atoms with E-state index in [4.69, 9.17) is 9.47 Å². The van der Waals surface area contributed by atoms with Crippen molar-refractivity contribution in [3.05, 3.63) is 23.8 Å². The lowest BCUT2D eigenvalue weighted by Gasteiger charge is -2.32. The maximum absolute atomic E-state index is 12.5. The van der Waals surface area contributed by atoms with Crippen molar-refractivity contribution >= 4 is 18.3 Å². The second-order valence-corrected chi connectivity index (χ2v) is 4.67. The summed E-state index contributed by atoms with van der Waals surface area (Å²) in [7, 11) is 3.15. The molecule has 0 spiro atoms. The third kappa shape index (κ3) is 3.55. The fourth-order valence-electron chi connectivity index (χ4n) is 2.26. The lowest BCUT2D eigenvalue weighted by Crippen LogP contribution is -2.51. The van der Waals surface area contributed by atoms with Gasteiger partial charge in [-0.25, -0.2) is 0 Å². The molecule has 20 heavy (non-hydrogen) atoms. The molecule has 1 heterocycles. The Balaban J connectivity index is 0.00000200. The van der Waals surface area contributed by atoms with Crippen molar-refractivity contribution in [2.45, 2.75) is 13.0 Å². The van der Waals surface area contributed by atoms with E-state index < -0.39 is 0 Å². The van der Waals surface area contributed by atoms with Gasteiger partial charge in [0.2, 0.25) is 0 Å². The van der Waals surface area contributed by atoms with Crippen LogP contribution in [-0.2, 0) is 0 Å². The van der Waals surface area contributed by atoms with E-state index in [0.717, 1.165) is 13.1 Å². The van der Waals surface area contributed by atoms with E-state index in [1.165, 1.54) is 0 Å². The molecule has 2 rings (SSSR count). The number of carbonyl (C=O) groups is 1. The number of hydrogen-bond acceptors (Lipinski definition) is 4. The van der Waals surface area contributed by atoms with E-state index in [1.807, 2.05) is 4.90 Å². The van der Waals surface area contributed by atoms with E-state index in [9.17, 15) is 4.79 Å². The first-order valence-corrected chi connectivity index (χ1v) is 6.40. The average molecular weight is 301 g/mol. The highest BCUT2D eigenvalue weighted by molar-refractivity contribution is 5.97. The summed E-state index contributed by atoms with van der Waals surface area (Å²) in [5, 5.41) is 3.32. The molecule has 1 saturated heterocycles. The lowest BCUT2D eigenvalue weighted by molar-refractivity contribution is 0.0705. The van der Waals surface area contributed by atoms with Crippen molar-refractivity contribution in [2.24, 2.45) is 0 Å². The SMILES string of the molecule is COc1ccc(C(=O)N2CCN[C@H](C)C2)c(OC)c1.Cl. The van der Waals surface area contributed by atoms with Crippen LogP contribution >= 0.6 is 12.4 Å². The summed E-state index contributed by atoms with van der Waals surface area (Å²) >= 11 is 0. The second-order valence-electron chi connectivity index (χ2n) is 4.67. The Labute approximate surface area is 125 Å². The van der Waals surface area contributed by atoms with Crippen LogP contribution in [0.3, 0.4) is 0 Å². The molecule has 0 bridgehead atoms. The maximum atomic E-state index is 12.5. The molecular weight excluding hydrogens is 280 g/mol. The normalized spacial score (nSPS) is 18.1. The summed E-state index contributed by atoms with van der Waals surface area (Å²) < 4.78 is 10.4. The van der Waals surface area contributed by atoms with Crippen molar-refractivity contribution in [1.82, 2.24) is 10.2 Å². The molecule has 0 radical (unpaired) electrons. The third-order valence-electron chi connectivity index (χ3n) is 3.30. The zero-order valence-corrected chi connectivity index (χ0v) is 12.8. The fourth-order valence-corrected chi connectivity index (χ4v) is 2.26. The van der Waals surface area contributed by atoms with Gasteiger partial charge < -0.3 is 19.7 Å². The molecule has 1 aliphatic heterocycles. The maximum Gasteiger partial charge on any atom is 0.257 e. The van der Waals surface area contributed by atoms with E-state index >= 15 is 0 Å². The zero-order chi connectivity index (χ0) is 13.8. The van der Waals surface area contributed by atoms with Crippen molar-refractivity contribution in [1.29, 1.82) is 0 Å². The largest absolute Gasteiger partial charge is 0.497 e. The Morgan fingerprint density at radius 2 is 2.10 bits per heavy atom. The average Bonchev–Trinajstić information content (AvgIpc) is 2.45. The quantitative estimate of drug-likeness (QED) is 0.920. The molecule has 1 N–H and O–H groups in total. The Hall–Kier alpha value is -1.46. The minimum atomic E-state index is 0. The van der Waals surface area contributed by atoms with Gasteiger partial charge in [-0.05, 0) is 19.1 Å². The minimum absolute atomic E-state index is 0. The summed E-state index contributed by atoms with van der Waals surface area (Å²) in [6.07, 6.45) is 0. The highest BCUT2D eigenvalue weighted by atomic mass is 35.5.